The molecule has 0 aliphatic rings. The Labute approximate surface area is 169 Å². The molecular formula is C23H32N2OS. The molecule has 2 aromatic carbocycles. The Morgan fingerprint density at radius 3 is 1.70 bits per heavy atom. The highest BCUT2D eigenvalue weighted by molar-refractivity contribution is 7.80. The van der Waals surface area contributed by atoms with Crippen molar-refractivity contribution in [2.75, 3.05) is 12.4 Å². The molecule has 0 N–H and O–H groups in total. The van der Waals surface area contributed by atoms with Gasteiger partial charge in [-0.25, -0.2) is 0 Å². The quantitative estimate of drug-likeness (QED) is 0.200. The van der Waals surface area contributed by atoms with Crippen molar-refractivity contribution in [1.82, 2.24) is 0 Å². The summed E-state index contributed by atoms with van der Waals surface area (Å²) in [5.74, 6) is 1.93. The largest absolute Gasteiger partial charge is 0.494 e. The Hall–Kier alpha value is -1.81. The van der Waals surface area contributed by atoms with Crippen LogP contribution in [-0.4, -0.2) is 12.4 Å². The van der Waals surface area contributed by atoms with Gasteiger partial charge >= 0.3 is 0 Å². The van der Waals surface area contributed by atoms with Gasteiger partial charge in [0.1, 0.15) is 5.75 Å². The van der Waals surface area contributed by atoms with Crippen molar-refractivity contribution in [3.8, 4) is 5.75 Å². The minimum absolute atomic E-state index is 0.785. The van der Waals surface area contributed by atoms with Crippen molar-refractivity contribution >= 4 is 24.0 Å². The van der Waals surface area contributed by atoms with Gasteiger partial charge in [0, 0.05) is 0 Å². The van der Waals surface area contributed by atoms with E-state index < -0.39 is 0 Å². The molecule has 0 aromatic heterocycles. The second-order valence-electron chi connectivity index (χ2n) is 6.78. The SMILES string of the molecule is SCCCCCCCCCCCOc1ccc(N=Nc2ccccc2)cc1. The molecular weight excluding hydrogens is 352 g/mol. The molecule has 146 valence electrons. The lowest BCUT2D eigenvalue weighted by Gasteiger charge is -2.06. The predicted molar refractivity (Wildman–Crippen MR) is 118 cm³/mol. The van der Waals surface area contributed by atoms with Gasteiger partial charge in [0.2, 0.25) is 0 Å². The molecule has 0 unspecified atom stereocenters. The van der Waals surface area contributed by atoms with E-state index in [1.54, 1.807) is 0 Å². The second-order valence-corrected chi connectivity index (χ2v) is 7.23. The van der Waals surface area contributed by atoms with Gasteiger partial charge in [-0.3, -0.25) is 0 Å². The third-order valence-electron chi connectivity index (χ3n) is 4.45. The molecule has 0 amide bonds. The van der Waals surface area contributed by atoms with Crippen LogP contribution in [0.4, 0.5) is 11.4 Å². The Bertz CT molecular complexity index is 629. The number of azo groups is 1. The van der Waals surface area contributed by atoms with Crippen LogP contribution in [0, 0.1) is 0 Å². The maximum Gasteiger partial charge on any atom is 0.119 e. The fraction of sp³-hybridized carbons (Fsp3) is 0.478. The number of unbranched alkanes of at least 4 members (excludes halogenated alkanes) is 8. The Morgan fingerprint density at radius 1 is 0.593 bits per heavy atom. The maximum atomic E-state index is 5.82. The van der Waals surface area contributed by atoms with Crippen LogP contribution in [0.3, 0.4) is 0 Å². The van der Waals surface area contributed by atoms with Crippen LogP contribution in [0.2, 0.25) is 0 Å². The molecule has 0 radical (unpaired) electrons. The highest BCUT2D eigenvalue weighted by Gasteiger charge is 1.97. The Kier molecular flexibility index (Phi) is 11.4. The third-order valence-corrected chi connectivity index (χ3v) is 4.76. The lowest BCUT2D eigenvalue weighted by atomic mass is 10.1. The number of thiol groups is 1. The number of ether oxygens (including phenoxy) is 1. The van der Waals surface area contributed by atoms with Gasteiger partial charge in [-0.2, -0.15) is 22.9 Å². The van der Waals surface area contributed by atoms with Gasteiger partial charge in [-0.15, -0.1) is 0 Å². The fourth-order valence-electron chi connectivity index (χ4n) is 2.86. The van der Waals surface area contributed by atoms with E-state index in [9.17, 15) is 0 Å². The lowest BCUT2D eigenvalue weighted by molar-refractivity contribution is 0.304. The molecule has 0 aliphatic carbocycles. The monoisotopic (exact) mass is 384 g/mol. The minimum Gasteiger partial charge on any atom is -0.494 e. The van der Waals surface area contributed by atoms with E-state index in [0.29, 0.717) is 0 Å². The van der Waals surface area contributed by atoms with E-state index in [1.165, 1.54) is 51.4 Å². The van der Waals surface area contributed by atoms with E-state index in [1.807, 2.05) is 54.6 Å². The van der Waals surface area contributed by atoms with Crippen molar-refractivity contribution in [3.05, 3.63) is 54.6 Å². The number of hydrogen-bond donors (Lipinski definition) is 1. The second kappa shape index (κ2) is 14.3. The van der Waals surface area contributed by atoms with Gasteiger partial charge < -0.3 is 4.74 Å². The molecule has 0 saturated heterocycles. The number of nitrogens with zero attached hydrogens (tertiary/aromatic N) is 2. The summed E-state index contributed by atoms with van der Waals surface area (Å²) in [6.07, 6.45) is 11.7. The molecule has 0 atom stereocenters. The smallest absolute Gasteiger partial charge is 0.119 e. The summed E-state index contributed by atoms with van der Waals surface area (Å²) in [6.45, 7) is 0.785. The van der Waals surface area contributed by atoms with E-state index in [0.717, 1.165) is 35.9 Å². The number of rotatable bonds is 14. The molecule has 0 bridgehead atoms. The van der Waals surface area contributed by atoms with Crippen LogP contribution >= 0.6 is 12.6 Å². The zero-order valence-electron chi connectivity index (χ0n) is 16.2. The number of benzene rings is 2. The highest BCUT2D eigenvalue weighted by Crippen LogP contribution is 2.21. The maximum absolute atomic E-state index is 5.82. The molecule has 2 rings (SSSR count). The van der Waals surface area contributed by atoms with Gasteiger partial charge in [0.25, 0.3) is 0 Å². The molecule has 0 saturated carbocycles. The first-order valence-corrected chi connectivity index (χ1v) is 10.8. The zero-order chi connectivity index (χ0) is 19.0. The first-order chi connectivity index (χ1) is 13.4. The lowest BCUT2D eigenvalue weighted by Crippen LogP contribution is -1.96. The summed E-state index contributed by atoms with van der Waals surface area (Å²) in [4.78, 5) is 0. The van der Waals surface area contributed by atoms with Crippen molar-refractivity contribution in [2.24, 2.45) is 10.2 Å². The molecule has 0 aliphatic heterocycles. The van der Waals surface area contributed by atoms with Gasteiger partial charge in [0.15, 0.2) is 0 Å². The Morgan fingerprint density at radius 2 is 1.11 bits per heavy atom. The van der Waals surface area contributed by atoms with Crippen molar-refractivity contribution in [3.63, 3.8) is 0 Å². The summed E-state index contributed by atoms with van der Waals surface area (Å²) in [5.41, 5.74) is 1.69. The van der Waals surface area contributed by atoms with Gasteiger partial charge in [-0.05, 0) is 55.0 Å². The minimum atomic E-state index is 0.785. The molecule has 3 nitrogen and oxygen atoms in total. The van der Waals surface area contributed by atoms with Crippen molar-refractivity contribution in [2.45, 2.75) is 57.8 Å². The average Bonchev–Trinajstić information content (AvgIpc) is 2.72. The third kappa shape index (κ3) is 10.2. The summed E-state index contributed by atoms with van der Waals surface area (Å²) in [5, 5.41) is 8.46. The van der Waals surface area contributed by atoms with Crippen LogP contribution in [0.5, 0.6) is 5.75 Å². The Balaban J connectivity index is 1.52. The standard InChI is InChI=1S/C23H32N2OS/c27-20-12-7-5-3-1-2-4-6-11-19-26-23-17-15-22(16-18-23)25-24-21-13-9-8-10-14-21/h8-10,13-18,27H,1-7,11-12,19-20H2. The fourth-order valence-corrected chi connectivity index (χ4v) is 3.08. The normalized spacial score (nSPS) is 11.1. The van der Waals surface area contributed by atoms with Crippen LogP contribution in [0.15, 0.2) is 64.8 Å². The molecule has 0 fully saturated rings. The summed E-state index contributed by atoms with van der Waals surface area (Å²) in [6, 6.07) is 17.6. The van der Waals surface area contributed by atoms with Crippen LogP contribution in [0.25, 0.3) is 0 Å². The summed E-state index contributed by atoms with van der Waals surface area (Å²) in [7, 11) is 0. The van der Waals surface area contributed by atoms with Gasteiger partial charge in [-0.1, -0.05) is 63.1 Å². The molecule has 0 heterocycles. The van der Waals surface area contributed by atoms with E-state index in [2.05, 4.69) is 22.9 Å². The predicted octanol–water partition coefficient (Wildman–Crippen LogP) is 7.92. The summed E-state index contributed by atoms with van der Waals surface area (Å²) >= 11 is 4.25. The number of hydrogen-bond acceptors (Lipinski definition) is 4. The molecule has 0 spiro atoms. The first kappa shape index (κ1) is 21.5. The van der Waals surface area contributed by atoms with E-state index >= 15 is 0 Å². The average molecular weight is 385 g/mol. The summed E-state index contributed by atoms with van der Waals surface area (Å²) < 4.78 is 5.82. The van der Waals surface area contributed by atoms with Crippen molar-refractivity contribution in [1.29, 1.82) is 0 Å². The van der Waals surface area contributed by atoms with E-state index in [-0.39, 0.29) is 0 Å². The zero-order valence-corrected chi connectivity index (χ0v) is 17.1. The van der Waals surface area contributed by atoms with E-state index in [4.69, 9.17) is 4.74 Å². The molecule has 4 heteroatoms. The topological polar surface area (TPSA) is 34.0 Å². The van der Waals surface area contributed by atoms with Crippen LogP contribution in [0.1, 0.15) is 57.8 Å². The molecule has 27 heavy (non-hydrogen) atoms. The molecule has 2 aromatic rings. The highest BCUT2D eigenvalue weighted by atomic mass is 32.1. The van der Waals surface area contributed by atoms with Crippen LogP contribution < -0.4 is 4.74 Å². The first-order valence-electron chi connectivity index (χ1n) is 10.2. The van der Waals surface area contributed by atoms with Gasteiger partial charge in [0.05, 0.1) is 18.0 Å². The van der Waals surface area contributed by atoms with Crippen molar-refractivity contribution < 1.29 is 4.74 Å². The van der Waals surface area contributed by atoms with Crippen LogP contribution in [-0.2, 0) is 0 Å².